The fourth-order valence-electron chi connectivity index (χ4n) is 1.47. The summed E-state index contributed by atoms with van der Waals surface area (Å²) in [5.74, 6) is -1.43. The van der Waals surface area contributed by atoms with Crippen LogP contribution >= 0.6 is 0 Å². The number of aryl methyl sites for hydroxylation is 1. The van der Waals surface area contributed by atoms with E-state index in [4.69, 9.17) is 4.74 Å². The van der Waals surface area contributed by atoms with Crippen LogP contribution in [-0.4, -0.2) is 18.0 Å². The highest BCUT2D eigenvalue weighted by molar-refractivity contribution is 5.79. The molecule has 0 saturated carbocycles. The van der Waals surface area contributed by atoms with Crippen LogP contribution in [0.2, 0.25) is 0 Å². The lowest BCUT2D eigenvalue weighted by Gasteiger charge is -2.10. The zero-order valence-corrected chi connectivity index (χ0v) is 8.93. The monoisotopic (exact) mass is 212 g/mol. The van der Waals surface area contributed by atoms with Crippen LogP contribution < -0.4 is 4.74 Å². The molecule has 0 aromatic heterocycles. The molecule has 0 saturated heterocycles. The maximum absolute atomic E-state index is 13.5. The van der Waals surface area contributed by atoms with Crippen LogP contribution in [0.3, 0.4) is 0 Å². The Morgan fingerprint density at radius 1 is 1.60 bits per heavy atom. The summed E-state index contributed by atoms with van der Waals surface area (Å²) in [5, 5.41) is 9.48. The van der Waals surface area contributed by atoms with Gasteiger partial charge in [0.25, 0.3) is 0 Å². The van der Waals surface area contributed by atoms with E-state index < -0.39 is 11.6 Å². The molecule has 0 atom stereocenters. The molecule has 1 N–H and O–H groups in total. The molecule has 82 valence electrons. The highest BCUT2D eigenvalue weighted by atomic mass is 19.1. The SMILES string of the molecule is COc1c(C)cc(CC(C)=O)c(O)c1F. The summed E-state index contributed by atoms with van der Waals surface area (Å²) in [6, 6.07) is 1.55. The molecule has 0 aliphatic rings. The number of carbonyl (C=O) groups is 1. The number of methoxy groups -OCH3 is 1. The molecule has 1 aromatic carbocycles. The quantitative estimate of drug-likeness (QED) is 0.833. The summed E-state index contributed by atoms with van der Waals surface area (Å²) in [6.45, 7) is 3.04. The number of phenolic OH excluding ortho intramolecular Hbond substituents is 1. The van der Waals surface area contributed by atoms with Crippen molar-refractivity contribution in [3.8, 4) is 11.5 Å². The van der Waals surface area contributed by atoms with Crippen molar-refractivity contribution in [3.63, 3.8) is 0 Å². The molecule has 0 radical (unpaired) electrons. The predicted molar refractivity (Wildman–Crippen MR) is 53.7 cm³/mol. The summed E-state index contributed by atoms with van der Waals surface area (Å²) < 4.78 is 18.3. The van der Waals surface area contributed by atoms with Gasteiger partial charge >= 0.3 is 0 Å². The number of aromatic hydroxyl groups is 1. The van der Waals surface area contributed by atoms with Crippen molar-refractivity contribution in [1.29, 1.82) is 0 Å². The Kier molecular flexibility index (Phi) is 3.29. The molecule has 1 aromatic rings. The average molecular weight is 212 g/mol. The first kappa shape index (κ1) is 11.5. The molecule has 0 spiro atoms. The molecular formula is C11H13FO3. The smallest absolute Gasteiger partial charge is 0.207 e. The number of halogens is 1. The van der Waals surface area contributed by atoms with E-state index in [1.54, 1.807) is 13.0 Å². The van der Waals surface area contributed by atoms with Crippen LogP contribution in [-0.2, 0) is 11.2 Å². The Hall–Kier alpha value is -1.58. The second-order valence-electron chi connectivity index (χ2n) is 3.43. The number of hydrogen-bond donors (Lipinski definition) is 1. The van der Waals surface area contributed by atoms with Crippen molar-refractivity contribution in [2.45, 2.75) is 20.3 Å². The van der Waals surface area contributed by atoms with E-state index >= 15 is 0 Å². The van der Waals surface area contributed by atoms with Gasteiger partial charge in [-0.2, -0.15) is 4.39 Å². The molecule has 0 unspecified atom stereocenters. The van der Waals surface area contributed by atoms with Gasteiger partial charge in [-0.3, -0.25) is 4.79 Å². The summed E-state index contributed by atoms with van der Waals surface area (Å²) in [4.78, 5) is 10.9. The number of carbonyl (C=O) groups excluding carboxylic acids is 1. The number of benzene rings is 1. The van der Waals surface area contributed by atoms with Gasteiger partial charge in [-0.25, -0.2) is 0 Å². The molecule has 15 heavy (non-hydrogen) atoms. The van der Waals surface area contributed by atoms with Crippen LogP contribution in [0, 0.1) is 12.7 Å². The summed E-state index contributed by atoms with van der Waals surface area (Å²) in [6.07, 6.45) is 0.0214. The van der Waals surface area contributed by atoms with E-state index in [1.165, 1.54) is 14.0 Å². The van der Waals surface area contributed by atoms with Crippen LogP contribution in [0.25, 0.3) is 0 Å². The topological polar surface area (TPSA) is 46.5 Å². The molecule has 0 amide bonds. The van der Waals surface area contributed by atoms with Crippen LogP contribution in [0.1, 0.15) is 18.1 Å². The molecular weight excluding hydrogens is 199 g/mol. The average Bonchev–Trinajstić information content (AvgIpc) is 2.14. The minimum atomic E-state index is -0.811. The van der Waals surface area contributed by atoms with Gasteiger partial charge in [0.1, 0.15) is 5.78 Å². The van der Waals surface area contributed by atoms with Crippen molar-refractivity contribution >= 4 is 5.78 Å². The van der Waals surface area contributed by atoms with E-state index in [-0.39, 0.29) is 18.0 Å². The van der Waals surface area contributed by atoms with Gasteiger partial charge in [-0.1, -0.05) is 0 Å². The fourth-order valence-corrected chi connectivity index (χ4v) is 1.47. The molecule has 0 aliphatic heterocycles. The molecule has 0 bridgehead atoms. The highest BCUT2D eigenvalue weighted by Crippen LogP contribution is 2.33. The van der Waals surface area contributed by atoms with E-state index in [9.17, 15) is 14.3 Å². The molecule has 4 heteroatoms. The van der Waals surface area contributed by atoms with Crippen molar-refractivity contribution in [3.05, 3.63) is 23.0 Å². The van der Waals surface area contributed by atoms with Crippen LogP contribution in [0.5, 0.6) is 11.5 Å². The number of ether oxygens (including phenoxy) is 1. The number of rotatable bonds is 3. The van der Waals surface area contributed by atoms with Crippen LogP contribution in [0.15, 0.2) is 6.07 Å². The lowest BCUT2D eigenvalue weighted by molar-refractivity contribution is -0.116. The third-order valence-corrected chi connectivity index (χ3v) is 2.10. The molecule has 0 aliphatic carbocycles. The van der Waals surface area contributed by atoms with Crippen LogP contribution in [0.4, 0.5) is 4.39 Å². The number of phenols is 1. The van der Waals surface area contributed by atoms with Crippen molar-refractivity contribution in [2.24, 2.45) is 0 Å². The van der Waals surface area contributed by atoms with E-state index in [2.05, 4.69) is 0 Å². The zero-order valence-electron chi connectivity index (χ0n) is 8.93. The van der Waals surface area contributed by atoms with Gasteiger partial charge in [0.05, 0.1) is 7.11 Å². The third-order valence-electron chi connectivity index (χ3n) is 2.10. The van der Waals surface area contributed by atoms with E-state index in [0.29, 0.717) is 11.1 Å². The Labute approximate surface area is 87.5 Å². The molecule has 0 fully saturated rings. The van der Waals surface area contributed by atoms with Crippen molar-refractivity contribution in [2.75, 3.05) is 7.11 Å². The molecule has 3 nitrogen and oxygen atoms in total. The van der Waals surface area contributed by atoms with Gasteiger partial charge in [-0.15, -0.1) is 0 Å². The Balaban J connectivity index is 3.27. The first-order valence-corrected chi connectivity index (χ1v) is 4.51. The Morgan fingerprint density at radius 3 is 2.67 bits per heavy atom. The molecule has 1 rings (SSSR count). The predicted octanol–water partition coefficient (Wildman–Crippen LogP) is 1.98. The second kappa shape index (κ2) is 4.29. The van der Waals surface area contributed by atoms with Crippen molar-refractivity contribution in [1.82, 2.24) is 0 Å². The Morgan fingerprint density at radius 2 is 2.20 bits per heavy atom. The van der Waals surface area contributed by atoms with Gasteiger partial charge < -0.3 is 9.84 Å². The molecule has 0 heterocycles. The van der Waals surface area contributed by atoms with Gasteiger partial charge in [0.2, 0.25) is 5.82 Å². The third kappa shape index (κ3) is 2.26. The standard InChI is InChI=1S/C11H13FO3/c1-6-4-8(5-7(2)13)10(14)9(12)11(6)15-3/h4,14H,5H2,1-3H3. The van der Waals surface area contributed by atoms with Gasteiger partial charge in [0, 0.05) is 12.0 Å². The summed E-state index contributed by atoms with van der Waals surface area (Å²) in [5.41, 5.74) is 0.849. The highest BCUT2D eigenvalue weighted by Gasteiger charge is 2.16. The van der Waals surface area contributed by atoms with E-state index in [0.717, 1.165) is 0 Å². The van der Waals surface area contributed by atoms with Crippen molar-refractivity contribution < 1.29 is 19.0 Å². The summed E-state index contributed by atoms with van der Waals surface area (Å²) >= 11 is 0. The van der Waals surface area contributed by atoms with Gasteiger partial charge in [-0.05, 0) is 25.5 Å². The largest absolute Gasteiger partial charge is 0.505 e. The minimum Gasteiger partial charge on any atom is -0.505 e. The number of hydrogen-bond acceptors (Lipinski definition) is 3. The normalized spacial score (nSPS) is 10.1. The zero-order chi connectivity index (χ0) is 11.6. The van der Waals surface area contributed by atoms with E-state index in [1.807, 2.05) is 0 Å². The number of Topliss-reactive ketones (excluding diaryl/α,β-unsaturated/α-hetero) is 1. The van der Waals surface area contributed by atoms with Gasteiger partial charge in [0.15, 0.2) is 11.5 Å². The fraction of sp³-hybridized carbons (Fsp3) is 0.364. The Bertz CT molecular complexity index is 399. The maximum Gasteiger partial charge on any atom is 0.207 e. The minimum absolute atomic E-state index is 0.0137. The lowest BCUT2D eigenvalue weighted by atomic mass is 10.0. The number of ketones is 1. The second-order valence-corrected chi connectivity index (χ2v) is 3.43. The first-order chi connectivity index (χ1) is 6.97. The summed E-state index contributed by atoms with van der Waals surface area (Å²) in [7, 11) is 1.33. The first-order valence-electron chi connectivity index (χ1n) is 4.51. The lowest BCUT2D eigenvalue weighted by Crippen LogP contribution is -2.01. The maximum atomic E-state index is 13.5.